The van der Waals surface area contributed by atoms with E-state index in [0.29, 0.717) is 31.7 Å². The van der Waals surface area contributed by atoms with Gasteiger partial charge >= 0.3 is 12.3 Å². The van der Waals surface area contributed by atoms with Crippen molar-refractivity contribution in [3.63, 3.8) is 0 Å². The highest BCUT2D eigenvalue weighted by Gasteiger charge is 2.46. The minimum atomic E-state index is -4.95. The van der Waals surface area contributed by atoms with Crippen molar-refractivity contribution < 1.29 is 65.0 Å². The van der Waals surface area contributed by atoms with Gasteiger partial charge in [-0.2, -0.15) is 0 Å². The SMILES string of the molecule is C[C@H]1C[C@H]2C(=O)OC[C@H](NC(=O)[C@H](Cc3cc(F)cc(F)c3)NC(=O)Cc3ccc(OC(F)(F)F)cc3)C(=O)N3CCC[C@H]3C(=O)N3CCCC[C@H]3C(=O)N[C@@H](C)C(=O)N2C1. The molecule has 0 unspecified atom stereocenters. The standard InChI is InChI=1S/C41H47F5N6O9/c1-22-14-33-40(59)60-21-30(38(57)51-13-5-7-32(51)39(58)50-12-4-3-6-31(50)36(55)47-23(2)37(56)52(33)20-22)49-35(54)29(17-25-15-26(42)19-27(43)16-25)48-34(53)18-24-8-10-28(11-9-24)61-41(44,45)46/h8-11,15-16,19,22-23,29-33H,3-7,12-14,17-18,20-21H2,1-2H3,(H,47,55)(H,48,53)(H,49,54)/t22-,23-,29-,30-,31-,32-,33-/m0/s1. The third-order valence-electron chi connectivity index (χ3n) is 11.2. The number of nitrogens with zero attached hydrogens (tertiary/aromatic N) is 3. The summed E-state index contributed by atoms with van der Waals surface area (Å²) in [6, 6.07) is -0.644. The predicted octanol–water partition coefficient (Wildman–Crippen LogP) is 2.29. The maximum Gasteiger partial charge on any atom is 0.573 e. The Morgan fingerprint density at radius 3 is 2.18 bits per heavy atom. The van der Waals surface area contributed by atoms with Crippen LogP contribution >= 0.6 is 0 Å². The summed E-state index contributed by atoms with van der Waals surface area (Å²) in [7, 11) is 0. The van der Waals surface area contributed by atoms with Crippen molar-refractivity contribution in [3.8, 4) is 5.75 Å². The highest BCUT2D eigenvalue weighted by molar-refractivity contribution is 5.98. The number of cyclic esters (lactones) is 1. The highest BCUT2D eigenvalue weighted by Crippen LogP contribution is 2.28. The number of benzene rings is 2. The quantitative estimate of drug-likeness (QED) is 0.265. The smallest absolute Gasteiger partial charge is 0.461 e. The molecule has 4 aliphatic heterocycles. The molecule has 0 saturated carbocycles. The first-order chi connectivity index (χ1) is 28.9. The van der Waals surface area contributed by atoms with E-state index >= 15 is 0 Å². The average molecular weight is 863 g/mol. The molecule has 0 aromatic heterocycles. The van der Waals surface area contributed by atoms with Crippen molar-refractivity contribution in [2.24, 2.45) is 5.92 Å². The van der Waals surface area contributed by atoms with Crippen molar-refractivity contribution >= 4 is 41.4 Å². The monoisotopic (exact) mass is 862 g/mol. The Bertz CT molecular complexity index is 2000. The molecule has 0 spiro atoms. The van der Waals surface area contributed by atoms with Gasteiger partial charge in [0.15, 0.2) is 0 Å². The van der Waals surface area contributed by atoms with Crippen LogP contribution in [0, 0.1) is 17.6 Å². The number of hydrogen-bond donors (Lipinski definition) is 3. The lowest BCUT2D eigenvalue weighted by molar-refractivity contribution is -0.274. The molecule has 0 radical (unpaired) electrons. The first-order valence-corrected chi connectivity index (χ1v) is 20.1. The van der Waals surface area contributed by atoms with Crippen LogP contribution in [0.25, 0.3) is 0 Å². The van der Waals surface area contributed by atoms with E-state index in [1.165, 1.54) is 33.8 Å². The van der Waals surface area contributed by atoms with Crippen LogP contribution in [0.5, 0.6) is 5.75 Å². The number of amides is 6. The zero-order valence-electron chi connectivity index (χ0n) is 33.5. The molecule has 4 saturated heterocycles. The number of fused-ring (bicyclic) bond motifs is 3. The molecule has 3 N–H and O–H groups in total. The number of carbonyl (C=O) groups excluding carboxylic acids is 7. The van der Waals surface area contributed by atoms with Gasteiger partial charge in [-0.25, -0.2) is 13.6 Å². The van der Waals surface area contributed by atoms with Crippen molar-refractivity contribution in [1.82, 2.24) is 30.7 Å². The first-order valence-electron chi connectivity index (χ1n) is 20.1. The van der Waals surface area contributed by atoms with Gasteiger partial charge in [0, 0.05) is 32.1 Å². The summed E-state index contributed by atoms with van der Waals surface area (Å²) in [6.45, 7) is 2.98. The molecule has 4 aliphatic rings. The van der Waals surface area contributed by atoms with Gasteiger partial charge in [0.25, 0.3) is 0 Å². The van der Waals surface area contributed by atoms with E-state index in [2.05, 4.69) is 20.7 Å². The summed E-state index contributed by atoms with van der Waals surface area (Å²) in [6.07, 6.45) is -3.60. The maximum absolute atomic E-state index is 14.5. The number of carbonyl (C=O) groups is 7. The normalized spacial score (nSPS) is 25.8. The maximum atomic E-state index is 14.5. The number of esters is 1. The number of piperidine rings is 1. The van der Waals surface area contributed by atoms with Gasteiger partial charge in [-0.3, -0.25) is 28.8 Å². The molecule has 0 aliphatic carbocycles. The topological polar surface area (TPSA) is 184 Å². The second-order valence-corrected chi connectivity index (χ2v) is 16.0. The highest BCUT2D eigenvalue weighted by atomic mass is 19.4. The van der Waals surface area contributed by atoms with Gasteiger partial charge < -0.3 is 40.1 Å². The van der Waals surface area contributed by atoms with Gasteiger partial charge in [0.05, 0.1) is 6.42 Å². The summed E-state index contributed by atoms with van der Waals surface area (Å²) in [5.74, 6) is -7.88. The lowest BCUT2D eigenvalue weighted by Gasteiger charge is -2.39. The van der Waals surface area contributed by atoms with Gasteiger partial charge in [-0.1, -0.05) is 19.1 Å². The average Bonchev–Trinajstić information content (AvgIpc) is 3.85. The fourth-order valence-corrected chi connectivity index (χ4v) is 8.40. The Labute approximate surface area is 347 Å². The van der Waals surface area contributed by atoms with E-state index in [9.17, 15) is 55.5 Å². The van der Waals surface area contributed by atoms with Crippen LogP contribution in [0.15, 0.2) is 42.5 Å². The summed E-state index contributed by atoms with van der Waals surface area (Å²) in [4.78, 5) is 101. The number of rotatable bonds is 8. The molecule has 6 amide bonds. The molecular weight excluding hydrogens is 815 g/mol. The number of halogens is 5. The van der Waals surface area contributed by atoms with Gasteiger partial charge in [0.2, 0.25) is 35.4 Å². The van der Waals surface area contributed by atoms with E-state index < -0.39 is 121 Å². The molecular formula is C41H47F5N6O9. The van der Waals surface area contributed by atoms with Crippen LogP contribution in [0.3, 0.4) is 0 Å². The minimum Gasteiger partial charge on any atom is -0.461 e. The Kier molecular flexibility index (Phi) is 13.8. The van der Waals surface area contributed by atoms with Crippen LogP contribution in [0.2, 0.25) is 0 Å². The molecule has 4 fully saturated rings. The summed E-state index contributed by atoms with van der Waals surface area (Å²) < 4.78 is 76.1. The van der Waals surface area contributed by atoms with E-state index in [0.717, 1.165) is 24.3 Å². The van der Waals surface area contributed by atoms with Crippen LogP contribution in [0.1, 0.15) is 63.5 Å². The van der Waals surface area contributed by atoms with E-state index in [1.54, 1.807) is 0 Å². The molecule has 7 atom stereocenters. The van der Waals surface area contributed by atoms with E-state index in [1.807, 2.05) is 6.92 Å². The van der Waals surface area contributed by atoms with Gasteiger partial charge in [-0.05, 0) is 86.8 Å². The molecule has 4 heterocycles. The Hall–Kier alpha value is -5.82. The van der Waals surface area contributed by atoms with Crippen LogP contribution in [0.4, 0.5) is 22.0 Å². The number of alkyl halides is 3. The molecule has 20 heteroatoms. The van der Waals surface area contributed by atoms with Crippen molar-refractivity contribution in [2.75, 3.05) is 26.2 Å². The third-order valence-corrected chi connectivity index (χ3v) is 11.2. The van der Waals surface area contributed by atoms with Crippen LogP contribution < -0.4 is 20.7 Å². The number of hydrogen-bond acceptors (Lipinski definition) is 9. The molecule has 330 valence electrons. The van der Waals surface area contributed by atoms with Gasteiger partial charge in [-0.15, -0.1) is 13.2 Å². The fraction of sp³-hybridized carbons (Fsp3) is 0.537. The molecule has 2 aromatic carbocycles. The fourth-order valence-electron chi connectivity index (χ4n) is 8.40. The molecule has 15 nitrogen and oxygen atoms in total. The molecule has 6 rings (SSSR count). The van der Waals surface area contributed by atoms with Crippen molar-refractivity contribution in [2.45, 2.75) is 108 Å². The lowest BCUT2D eigenvalue weighted by atomic mass is 9.99. The Morgan fingerprint density at radius 2 is 1.49 bits per heavy atom. The Morgan fingerprint density at radius 1 is 0.836 bits per heavy atom. The largest absolute Gasteiger partial charge is 0.573 e. The zero-order valence-corrected chi connectivity index (χ0v) is 33.5. The summed E-state index contributed by atoms with van der Waals surface area (Å²) >= 11 is 0. The first kappa shape index (κ1) is 44.7. The minimum absolute atomic E-state index is 0.0647. The second-order valence-electron chi connectivity index (χ2n) is 16.0. The molecule has 0 bridgehead atoms. The summed E-state index contributed by atoms with van der Waals surface area (Å²) in [5, 5.41) is 7.70. The van der Waals surface area contributed by atoms with Crippen LogP contribution in [-0.2, 0) is 51.1 Å². The molecule has 61 heavy (non-hydrogen) atoms. The Balaban J connectivity index is 1.29. The second kappa shape index (κ2) is 18.8. The number of nitrogens with one attached hydrogen (secondary N) is 3. The lowest BCUT2D eigenvalue weighted by Crippen LogP contribution is -2.62. The summed E-state index contributed by atoms with van der Waals surface area (Å²) in [5.41, 5.74) is 0.144. The van der Waals surface area contributed by atoms with Gasteiger partial charge in [0.1, 0.15) is 60.2 Å². The van der Waals surface area contributed by atoms with Crippen molar-refractivity contribution in [3.05, 3.63) is 65.2 Å². The molecule has 2 aromatic rings. The van der Waals surface area contributed by atoms with Crippen LogP contribution in [-0.4, -0.2) is 125 Å². The predicted molar refractivity (Wildman–Crippen MR) is 203 cm³/mol. The van der Waals surface area contributed by atoms with E-state index in [-0.39, 0.29) is 49.5 Å². The van der Waals surface area contributed by atoms with E-state index in [4.69, 9.17) is 4.74 Å². The van der Waals surface area contributed by atoms with Crippen molar-refractivity contribution in [1.29, 1.82) is 0 Å². The third kappa shape index (κ3) is 11.1. The zero-order chi connectivity index (χ0) is 44.2. The number of ether oxygens (including phenoxy) is 2.